The molecule has 0 amide bonds. The third kappa shape index (κ3) is 6.78. The van der Waals surface area contributed by atoms with Crippen LogP contribution in [-0.4, -0.2) is 12.2 Å². The molecule has 2 nitrogen and oxygen atoms in total. The molecular weight excluding hydrogens is 500 g/mol. The molecule has 2 rings (SSSR count). The molecule has 190 valence electrons. The van der Waals surface area contributed by atoms with E-state index in [0.29, 0.717) is 0 Å². The van der Waals surface area contributed by atoms with E-state index in [1.807, 2.05) is 0 Å². The Morgan fingerprint density at radius 3 is 1.15 bits per heavy atom. The number of aliphatic hydroxyl groups is 1. The van der Waals surface area contributed by atoms with Crippen LogP contribution in [0.3, 0.4) is 0 Å². The summed E-state index contributed by atoms with van der Waals surface area (Å²) in [5, 5.41) is 10.3. The minimum atomic E-state index is -5.24. The molecule has 0 aliphatic rings. The zero-order valence-corrected chi connectivity index (χ0v) is 16.7. The van der Waals surface area contributed by atoms with Crippen molar-refractivity contribution in [3.8, 4) is 0 Å². The summed E-state index contributed by atoms with van der Waals surface area (Å²) in [7, 11) is 0.832. The molecule has 34 heavy (non-hydrogen) atoms. The highest BCUT2D eigenvalue weighted by atomic mass is 19.4. The summed E-state index contributed by atoms with van der Waals surface area (Å²) in [5.41, 5.74) is -8.61. The fourth-order valence-electron chi connectivity index (χ4n) is 3.04. The number of benzene rings is 2. The lowest BCUT2D eigenvalue weighted by Gasteiger charge is -2.23. The first-order chi connectivity index (χ1) is 15.2. The van der Waals surface area contributed by atoms with E-state index < -0.39 is 76.7 Å². The number of alkyl halides is 12. The number of hydrogen-bond acceptors (Lipinski definition) is 2. The van der Waals surface area contributed by atoms with E-state index in [1.165, 1.54) is 0 Å². The molecule has 0 heterocycles. The lowest BCUT2D eigenvalue weighted by Crippen LogP contribution is -2.16. The van der Waals surface area contributed by atoms with Gasteiger partial charge in [-0.2, -0.15) is 52.7 Å². The largest absolute Gasteiger partial charge is 0.416 e. The maximum atomic E-state index is 13.1. The second kappa shape index (κ2) is 9.29. The SMILES string of the molecule is COC(CC(O)c1cc(C(F)(F)F)cc(C(F)(F)F)c1)c1cc(C(F)(F)F)cc(C(F)(F)F)c1. The first-order valence-electron chi connectivity index (χ1n) is 9.03. The average Bonchev–Trinajstić information content (AvgIpc) is 2.68. The molecule has 0 spiro atoms. The van der Waals surface area contributed by atoms with Gasteiger partial charge in [-0.05, 0) is 47.5 Å². The first-order valence-corrected chi connectivity index (χ1v) is 9.03. The van der Waals surface area contributed by atoms with E-state index in [-0.39, 0.29) is 36.4 Å². The Kier molecular flexibility index (Phi) is 7.58. The van der Waals surface area contributed by atoms with Crippen LogP contribution < -0.4 is 0 Å². The van der Waals surface area contributed by atoms with E-state index >= 15 is 0 Å². The molecule has 0 saturated carbocycles. The normalized spacial score (nSPS) is 15.4. The first kappa shape index (κ1) is 27.8. The highest BCUT2D eigenvalue weighted by molar-refractivity contribution is 5.37. The molecule has 0 radical (unpaired) electrons. The summed E-state index contributed by atoms with van der Waals surface area (Å²) in [6, 6.07) is 0.578. The average molecular weight is 514 g/mol. The van der Waals surface area contributed by atoms with Crippen LogP contribution in [0.15, 0.2) is 36.4 Å². The third-order valence-corrected chi connectivity index (χ3v) is 4.70. The molecule has 14 heteroatoms. The maximum Gasteiger partial charge on any atom is 0.416 e. The molecule has 0 bridgehead atoms. The number of ether oxygens (including phenoxy) is 1. The fraction of sp³-hybridized carbons (Fsp3) is 0.400. The molecular formula is C20H14F12O2. The van der Waals surface area contributed by atoms with Gasteiger partial charge < -0.3 is 9.84 Å². The van der Waals surface area contributed by atoms with Gasteiger partial charge in [0.2, 0.25) is 0 Å². The van der Waals surface area contributed by atoms with Gasteiger partial charge in [0.05, 0.1) is 34.5 Å². The number of halogens is 12. The number of aliphatic hydroxyl groups excluding tert-OH is 1. The minimum absolute atomic E-state index is 0.172. The number of methoxy groups -OCH3 is 1. The van der Waals surface area contributed by atoms with Gasteiger partial charge in [-0.3, -0.25) is 0 Å². The van der Waals surface area contributed by atoms with Gasteiger partial charge in [0.25, 0.3) is 0 Å². The monoisotopic (exact) mass is 514 g/mol. The molecule has 2 aromatic rings. The summed E-state index contributed by atoms with van der Waals surface area (Å²) in [4.78, 5) is 0. The van der Waals surface area contributed by atoms with Crippen LogP contribution in [0.25, 0.3) is 0 Å². The van der Waals surface area contributed by atoms with Crippen molar-refractivity contribution < 1.29 is 62.5 Å². The quantitative estimate of drug-likeness (QED) is 0.417. The topological polar surface area (TPSA) is 29.5 Å². The van der Waals surface area contributed by atoms with Crippen LogP contribution in [0.2, 0.25) is 0 Å². The lowest BCUT2D eigenvalue weighted by atomic mass is 9.93. The van der Waals surface area contributed by atoms with Crippen molar-refractivity contribution in [2.75, 3.05) is 7.11 Å². The van der Waals surface area contributed by atoms with Gasteiger partial charge >= 0.3 is 24.7 Å². The van der Waals surface area contributed by atoms with Crippen LogP contribution in [0.1, 0.15) is 52.0 Å². The van der Waals surface area contributed by atoms with Gasteiger partial charge in [-0.1, -0.05) is 0 Å². The Morgan fingerprint density at radius 2 is 0.882 bits per heavy atom. The van der Waals surface area contributed by atoms with Crippen LogP contribution in [-0.2, 0) is 29.4 Å². The fourth-order valence-corrected chi connectivity index (χ4v) is 3.04. The summed E-state index contributed by atoms with van der Waals surface area (Å²) in [6.07, 6.45) is -25.8. The molecule has 2 atom stereocenters. The van der Waals surface area contributed by atoms with Gasteiger partial charge in [0.15, 0.2) is 0 Å². The Morgan fingerprint density at radius 1 is 0.588 bits per heavy atom. The lowest BCUT2D eigenvalue weighted by molar-refractivity contribution is -0.144. The van der Waals surface area contributed by atoms with Crippen molar-refractivity contribution in [3.05, 3.63) is 69.8 Å². The molecule has 1 N–H and O–H groups in total. The van der Waals surface area contributed by atoms with E-state index in [0.717, 1.165) is 7.11 Å². The van der Waals surface area contributed by atoms with E-state index in [4.69, 9.17) is 4.74 Å². The highest BCUT2D eigenvalue weighted by Gasteiger charge is 2.39. The Balaban J connectivity index is 2.52. The predicted molar refractivity (Wildman–Crippen MR) is 92.2 cm³/mol. The maximum absolute atomic E-state index is 13.1. The molecule has 2 aromatic carbocycles. The minimum Gasteiger partial charge on any atom is -0.388 e. The van der Waals surface area contributed by atoms with Gasteiger partial charge in [0.1, 0.15) is 0 Å². The predicted octanol–water partition coefficient (Wildman–Crippen LogP) is 7.57. The van der Waals surface area contributed by atoms with E-state index in [9.17, 15) is 57.8 Å². The Labute approximate surface area is 183 Å². The molecule has 0 aliphatic heterocycles. The molecule has 0 aliphatic carbocycles. The summed E-state index contributed by atoms with van der Waals surface area (Å²) < 4.78 is 161. The molecule has 0 fully saturated rings. The number of hydrogen-bond donors (Lipinski definition) is 1. The van der Waals surface area contributed by atoms with Crippen molar-refractivity contribution in [3.63, 3.8) is 0 Å². The van der Waals surface area contributed by atoms with Crippen LogP contribution in [0.5, 0.6) is 0 Å². The standard InChI is InChI=1S/C20H14F12O2/c1-34-16(10-4-13(19(27,28)29)7-14(5-10)20(30,31)32)8-15(33)9-2-11(17(21,22)23)6-12(3-9)18(24,25)26/h2-7,15-16,33H,8H2,1H3. The van der Waals surface area contributed by atoms with Crippen molar-refractivity contribution in [2.24, 2.45) is 0 Å². The Hall–Kier alpha value is -2.48. The summed E-state index contributed by atoms with van der Waals surface area (Å²) >= 11 is 0. The van der Waals surface area contributed by atoms with Crippen molar-refractivity contribution in [1.82, 2.24) is 0 Å². The van der Waals surface area contributed by atoms with Crippen molar-refractivity contribution in [1.29, 1.82) is 0 Å². The third-order valence-electron chi connectivity index (χ3n) is 4.70. The summed E-state index contributed by atoms with van der Waals surface area (Å²) in [6.45, 7) is 0. The second-order valence-corrected chi connectivity index (χ2v) is 7.15. The summed E-state index contributed by atoms with van der Waals surface area (Å²) in [5.74, 6) is 0. The Bertz CT molecular complexity index is 938. The van der Waals surface area contributed by atoms with Crippen molar-refractivity contribution >= 4 is 0 Å². The second-order valence-electron chi connectivity index (χ2n) is 7.15. The molecule has 0 aromatic heterocycles. The van der Waals surface area contributed by atoms with Crippen LogP contribution in [0.4, 0.5) is 52.7 Å². The van der Waals surface area contributed by atoms with Crippen LogP contribution >= 0.6 is 0 Å². The van der Waals surface area contributed by atoms with Gasteiger partial charge in [-0.15, -0.1) is 0 Å². The van der Waals surface area contributed by atoms with Gasteiger partial charge in [0, 0.05) is 13.5 Å². The molecule has 2 unspecified atom stereocenters. The highest BCUT2D eigenvalue weighted by Crippen LogP contribution is 2.41. The zero-order chi connectivity index (χ0) is 26.3. The zero-order valence-electron chi connectivity index (χ0n) is 16.7. The smallest absolute Gasteiger partial charge is 0.388 e. The van der Waals surface area contributed by atoms with Gasteiger partial charge in [-0.25, -0.2) is 0 Å². The number of rotatable bonds is 5. The van der Waals surface area contributed by atoms with Crippen LogP contribution in [0, 0.1) is 0 Å². The van der Waals surface area contributed by atoms with E-state index in [2.05, 4.69) is 0 Å². The van der Waals surface area contributed by atoms with E-state index in [1.54, 1.807) is 0 Å². The van der Waals surface area contributed by atoms with Crippen molar-refractivity contribution in [2.45, 2.75) is 43.3 Å². The molecule has 0 saturated heterocycles.